The molecule has 1 aliphatic heterocycles. The highest BCUT2D eigenvalue weighted by atomic mass is 32.2. The zero-order valence-electron chi connectivity index (χ0n) is 12.0. The van der Waals surface area contributed by atoms with Gasteiger partial charge in [0.2, 0.25) is 0 Å². The zero-order valence-corrected chi connectivity index (χ0v) is 13.7. The largest absolute Gasteiger partial charge is 0.507 e. The number of rotatable bonds is 3. The summed E-state index contributed by atoms with van der Waals surface area (Å²) in [4.78, 5) is 29.5. The van der Waals surface area contributed by atoms with E-state index in [9.17, 15) is 14.7 Å². The van der Waals surface area contributed by atoms with Gasteiger partial charge in [-0.25, -0.2) is 4.79 Å². The highest BCUT2D eigenvalue weighted by Gasteiger charge is 2.34. The number of thiocarbonyl (C=S) groups is 1. The fraction of sp³-hybridized carbons (Fsp3) is 0. The van der Waals surface area contributed by atoms with E-state index >= 15 is 0 Å². The molecule has 2 N–H and O–H groups in total. The number of hydrogen-bond acceptors (Lipinski definition) is 6. The summed E-state index contributed by atoms with van der Waals surface area (Å²) in [6.45, 7) is 0. The van der Waals surface area contributed by atoms with Crippen molar-refractivity contribution in [2.75, 3.05) is 4.90 Å². The standard InChI is InChI=1S/C16H10N2O4S2/c19-12-5-4-10(8-11(12)15(21)22)18-14(20)13(24-16(18)23)7-9-3-1-2-6-17-9/h1-8,19H,(H,21,22). The Kier molecular flexibility index (Phi) is 4.32. The van der Waals surface area contributed by atoms with Crippen molar-refractivity contribution in [2.45, 2.75) is 0 Å². The van der Waals surface area contributed by atoms with E-state index in [0.717, 1.165) is 11.8 Å². The highest BCUT2D eigenvalue weighted by molar-refractivity contribution is 8.27. The number of benzene rings is 1. The molecule has 6 nitrogen and oxygen atoms in total. The van der Waals surface area contributed by atoms with Crippen LogP contribution < -0.4 is 4.90 Å². The van der Waals surface area contributed by atoms with Crippen molar-refractivity contribution < 1.29 is 19.8 Å². The second-order valence-electron chi connectivity index (χ2n) is 4.78. The first kappa shape index (κ1) is 16.2. The highest BCUT2D eigenvalue weighted by Crippen LogP contribution is 2.37. The molecule has 0 bridgehead atoms. The minimum Gasteiger partial charge on any atom is -0.507 e. The fourth-order valence-corrected chi connectivity index (χ4v) is 3.40. The molecular weight excluding hydrogens is 348 g/mol. The van der Waals surface area contributed by atoms with Crippen LogP contribution in [0.2, 0.25) is 0 Å². The quantitative estimate of drug-likeness (QED) is 0.644. The second kappa shape index (κ2) is 6.42. The first-order chi connectivity index (χ1) is 11.5. The molecule has 24 heavy (non-hydrogen) atoms. The molecule has 1 amide bonds. The summed E-state index contributed by atoms with van der Waals surface area (Å²) >= 11 is 6.34. The van der Waals surface area contributed by atoms with Gasteiger partial charge in [-0.05, 0) is 36.4 Å². The van der Waals surface area contributed by atoms with Crippen LogP contribution in [-0.4, -0.2) is 31.4 Å². The average molecular weight is 358 g/mol. The Hall–Kier alpha value is -2.71. The number of aromatic hydroxyl groups is 1. The molecule has 1 aromatic heterocycles. The maximum Gasteiger partial charge on any atom is 0.339 e. The van der Waals surface area contributed by atoms with Gasteiger partial charge < -0.3 is 10.2 Å². The molecule has 1 fully saturated rings. The molecule has 2 aromatic rings. The lowest BCUT2D eigenvalue weighted by atomic mass is 10.1. The number of carbonyl (C=O) groups excluding carboxylic acids is 1. The monoisotopic (exact) mass is 358 g/mol. The van der Waals surface area contributed by atoms with Crippen molar-refractivity contribution in [1.82, 2.24) is 4.98 Å². The number of amides is 1. The number of carbonyl (C=O) groups is 2. The minimum atomic E-state index is -1.29. The van der Waals surface area contributed by atoms with Gasteiger partial charge in [0.25, 0.3) is 5.91 Å². The van der Waals surface area contributed by atoms with E-state index < -0.39 is 5.97 Å². The molecule has 8 heteroatoms. The van der Waals surface area contributed by atoms with Crippen LogP contribution in [0.4, 0.5) is 5.69 Å². The minimum absolute atomic E-state index is 0.282. The molecule has 1 aliphatic rings. The molecule has 1 saturated heterocycles. The summed E-state index contributed by atoms with van der Waals surface area (Å²) in [7, 11) is 0. The summed E-state index contributed by atoms with van der Waals surface area (Å²) in [6, 6.07) is 9.21. The SMILES string of the molecule is O=C(O)c1cc(N2C(=O)C(=Cc3ccccn3)SC2=S)ccc1O. The molecule has 2 heterocycles. The fourth-order valence-electron chi connectivity index (χ4n) is 2.12. The van der Waals surface area contributed by atoms with Gasteiger partial charge in [-0.1, -0.05) is 30.0 Å². The van der Waals surface area contributed by atoms with E-state index in [1.54, 1.807) is 30.5 Å². The maximum atomic E-state index is 12.6. The number of aromatic nitrogens is 1. The third kappa shape index (κ3) is 3.01. The Labute approximate surface area is 146 Å². The third-order valence-corrected chi connectivity index (χ3v) is 4.53. The summed E-state index contributed by atoms with van der Waals surface area (Å²) in [5.41, 5.74) is 0.613. The van der Waals surface area contributed by atoms with Crippen LogP contribution >= 0.6 is 24.0 Å². The van der Waals surface area contributed by atoms with E-state index in [0.29, 0.717) is 10.6 Å². The summed E-state index contributed by atoms with van der Waals surface area (Å²) in [5.74, 6) is -2.03. The molecule has 0 aliphatic carbocycles. The average Bonchev–Trinajstić information content (AvgIpc) is 2.83. The number of thioether (sulfide) groups is 1. The zero-order chi connectivity index (χ0) is 17.3. The molecule has 0 atom stereocenters. The lowest BCUT2D eigenvalue weighted by molar-refractivity contribution is -0.113. The van der Waals surface area contributed by atoms with Gasteiger partial charge in [0.05, 0.1) is 16.3 Å². The molecule has 0 saturated carbocycles. The van der Waals surface area contributed by atoms with Crippen molar-refractivity contribution in [1.29, 1.82) is 0 Å². The topological polar surface area (TPSA) is 90.7 Å². The number of anilines is 1. The van der Waals surface area contributed by atoms with Crippen molar-refractivity contribution in [3.8, 4) is 5.75 Å². The van der Waals surface area contributed by atoms with E-state index in [1.807, 2.05) is 0 Å². The summed E-state index contributed by atoms with van der Waals surface area (Å²) in [6.07, 6.45) is 3.24. The molecule has 120 valence electrons. The molecule has 0 spiro atoms. The number of nitrogens with zero attached hydrogens (tertiary/aromatic N) is 2. The Morgan fingerprint density at radius 3 is 2.75 bits per heavy atom. The summed E-state index contributed by atoms with van der Waals surface area (Å²) in [5, 5.41) is 18.7. The first-order valence-corrected chi connectivity index (χ1v) is 7.95. The smallest absolute Gasteiger partial charge is 0.339 e. The number of pyridine rings is 1. The van der Waals surface area contributed by atoms with Crippen LogP contribution in [0, 0.1) is 0 Å². The van der Waals surface area contributed by atoms with Gasteiger partial charge in [0, 0.05) is 6.20 Å². The Balaban J connectivity index is 1.97. The second-order valence-corrected chi connectivity index (χ2v) is 6.45. The number of carboxylic acid groups (broad SMARTS) is 1. The van der Waals surface area contributed by atoms with Gasteiger partial charge >= 0.3 is 5.97 Å². The van der Waals surface area contributed by atoms with Crippen LogP contribution in [0.3, 0.4) is 0 Å². The van der Waals surface area contributed by atoms with E-state index in [2.05, 4.69) is 4.98 Å². The number of aromatic carboxylic acids is 1. The Morgan fingerprint density at radius 2 is 2.08 bits per heavy atom. The van der Waals surface area contributed by atoms with Crippen molar-refractivity contribution in [2.24, 2.45) is 0 Å². The van der Waals surface area contributed by atoms with Gasteiger partial charge in [-0.15, -0.1) is 0 Å². The first-order valence-electron chi connectivity index (χ1n) is 6.72. The predicted molar refractivity (Wildman–Crippen MR) is 95.0 cm³/mol. The normalized spacial score (nSPS) is 16.0. The van der Waals surface area contributed by atoms with Crippen LogP contribution in [0.5, 0.6) is 5.75 Å². The van der Waals surface area contributed by atoms with Gasteiger partial charge in [-0.3, -0.25) is 14.7 Å². The van der Waals surface area contributed by atoms with Gasteiger partial charge in [-0.2, -0.15) is 0 Å². The van der Waals surface area contributed by atoms with Gasteiger partial charge in [0.15, 0.2) is 4.32 Å². The Morgan fingerprint density at radius 1 is 1.29 bits per heavy atom. The number of carboxylic acids is 1. The van der Waals surface area contributed by atoms with E-state index in [1.165, 1.54) is 23.1 Å². The van der Waals surface area contributed by atoms with Gasteiger partial charge in [0.1, 0.15) is 11.3 Å². The Bertz CT molecular complexity index is 881. The molecule has 1 aromatic carbocycles. The molecule has 3 rings (SSSR count). The van der Waals surface area contributed by atoms with Crippen LogP contribution in [0.1, 0.15) is 16.1 Å². The maximum absolute atomic E-state index is 12.6. The van der Waals surface area contributed by atoms with Crippen LogP contribution in [0.15, 0.2) is 47.5 Å². The number of hydrogen-bond donors (Lipinski definition) is 2. The molecule has 0 radical (unpaired) electrons. The third-order valence-electron chi connectivity index (χ3n) is 3.23. The van der Waals surface area contributed by atoms with Crippen molar-refractivity contribution in [3.05, 3.63) is 58.8 Å². The summed E-state index contributed by atoms with van der Waals surface area (Å²) < 4.78 is 0.282. The predicted octanol–water partition coefficient (Wildman–Crippen LogP) is 2.89. The lowest BCUT2D eigenvalue weighted by Gasteiger charge is -2.15. The van der Waals surface area contributed by atoms with Crippen LogP contribution in [-0.2, 0) is 4.79 Å². The van der Waals surface area contributed by atoms with Crippen molar-refractivity contribution >= 4 is 51.9 Å². The van der Waals surface area contributed by atoms with E-state index in [4.69, 9.17) is 17.3 Å². The lowest BCUT2D eigenvalue weighted by Crippen LogP contribution is -2.27. The van der Waals surface area contributed by atoms with Crippen LogP contribution in [0.25, 0.3) is 6.08 Å². The van der Waals surface area contributed by atoms with Crippen molar-refractivity contribution in [3.63, 3.8) is 0 Å². The molecular formula is C16H10N2O4S2. The molecule has 0 unspecified atom stereocenters. The van der Waals surface area contributed by atoms with E-state index in [-0.39, 0.29) is 27.2 Å². The number of phenols is 1.